The molecule has 0 saturated carbocycles. The zero-order chi connectivity index (χ0) is 39.0. The highest BCUT2D eigenvalue weighted by atomic mass is 14.5. The van der Waals surface area contributed by atoms with E-state index in [4.69, 9.17) is 0 Å². The maximum atomic E-state index is 2.59. The van der Waals surface area contributed by atoms with Gasteiger partial charge in [0.2, 0.25) is 0 Å². The normalized spacial score (nSPS) is 16.4. The third-order valence-corrected chi connectivity index (χ3v) is 14.8. The van der Waals surface area contributed by atoms with Crippen LogP contribution in [0, 0.1) is 0 Å². The van der Waals surface area contributed by atoms with Crippen LogP contribution < -0.4 is 0 Å². The molecule has 4 aliphatic rings. The highest BCUT2D eigenvalue weighted by molar-refractivity contribution is 5.95. The van der Waals surface area contributed by atoms with Crippen LogP contribution in [0.5, 0.6) is 0 Å². The summed E-state index contributed by atoms with van der Waals surface area (Å²) in [5.74, 6) is 0.288. The molecule has 0 N–H and O–H groups in total. The highest BCUT2D eigenvalue weighted by Gasteiger charge is 2.51. The standard InChI is InChI=1S/C58H46/c1-56(2)48-20-10-5-15-40(48)45-28-25-36(33-53(45)56)31-39(38-27-30-46-41-16-6-11-21-49(41)57(3,4)54(46)35-38)32-37-26-29-47-44-19-9-14-24-52(44)58(55(47)34-37)50-22-12-7-17-42(50)43-18-8-13-23-51(43)58/h5-30,33-35,39H,31-32H2,1-4H3. The molecule has 0 fully saturated rings. The molecule has 0 nitrogen and oxygen atoms in total. The lowest BCUT2D eigenvalue weighted by Gasteiger charge is -2.31. The smallest absolute Gasteiger partial charge is 0.0619 e. The molecule has 4 aliphatic carbocycles. The molecule has 278 valence electrons. The summed E-state index contributed by atoms with van der Waals surface area (Å²) in [7, 11) is 0. The van der Waals surface area contributed by atoms with Gasteiger partial charge in [-0.1, -0.05) is 204 Å². The average Bonchev–Trinajstić information content (AvgIpc) is 3.88. The first-order valence-electron chi connectivity index (χ1n) is 21.2. The van der Waals surface area contributed by atoms with Crippen molar-refractivity contribution in [2.75, 3.05) is 0 Å². The lowest BCUT2D eigenvalue weighted by Crippen LogP contribution is -2.26. The second kappa shape index (κ2) is 11.9. The first-order valence-corrected chi connectivity index (χ1v) is 21.2. The van der Waals surface area contributed by atoms with Crippen molar-refractivity contribution in [1.29, 1.82) is 0 Å². The van der Waals surface area contributed by atoms with Crippen molar-refractivity contribution in [1.82, 2.24) is 0 Å². The van der Waals surface area contributed by atoms with Crippen LogP contribution in [-0.2, 0) is 29.1 Å². The van der Waals surface area contributed by atoms with E-state index in [1.165, 1.54) is 106 Å². The fraction of sp³-hybridized carbons (Fsp3) is 0.172. The molecular formula is C58H46. The molecule has 58 heavy (non-hydrogen) atoms. The molecule has 0 aliphatic heterocycles. The van der Waals surface area contributed by atoms with E-state index >= 15 is 0 Å². The summed E-state index contributed by atoms with van der Waals surface area (Å²) in [5.41, 5.74) is 26.2. The fourth-order valence-electron chi connectivity index (χ4n) is 12.0. The number of benzene rings is 8. The van der Waals surface area contributed by atoms with Gasteiger partial charge >= 0.3 is 0 Å². The predicted octanol–water partition coefficient (Wildman–Crippen LogP) is 14.2. The molecule has 0 bridgehead atoms. The van der Waals surface area contributed by atoms with Crippen LogP contribution in [0.1, 0.15) is 94.8 Å². The maximum absolute atomic E-state index is 2.59. The minimum atomic E-state index is -0.339. The minimum absolute atomic E-state index is 0.0298. The molecule has 0 radical (unpaired) electrons. The molecule has 1 atom stereocenters. The number of hydrogen-bond acceptors (Lipinski definition) is 0. The predicted molar refractivity (Wildman–Crippen MR) is 241 cm³/mol. The van der Waals surface area contributed by atoms with Crippen LogP contribution >= 0.6 is 0 Å². The van der Waals surface area contributed by atoms with Gasteiger partial charge in [0.25, 0.3) is 0 Å². The van der Waals surface area contributed by atoms with Gasteiger partial charge in [-0.3, -0.25) is 0 Å². The highest BCUT2D eigenvalue weighted by Crippen LogP contribution is 2.63. The Kier molecular flexibility index (Phi) is 6.95. The van der Waals surface area contributed by atoms with Gasteiger partial charge in [-0.15, -0.1) is 0 Å². The summed E-state index contributed by atoms with van der Waals surface area (Å²) >= 11 is 0. The monoisotopic (exact) mass is 742 g/mol. The quantitative estimate of drug-likeness (QED) is 0.165. The van der Waals surface area contributed by atoms with Gasteiger partial charge in [0.15, 0.2) is 0 Å². The second-order valence-electron chi connectivity index (χ2n) is 18.4. The third kappa shape index (κ3) is 4.41. The number of hydrogen-bond donors (Lipinski definition) is 0. The minimum Gasteiger partial charge on any atom is -0.0619 e. The lowest BCUT2D eigenvalue weighted by atomic mass is 9.70. The Morgan fingerprint density at radius 2 is 0.638 bits per heavy atom. The van der Waals surface area contributed by atoms with Crippen molar-refractivity contribution in [3.05, 3.63) is 237 Å². The Labute approximate surface area is 342 Å². The van der Waals surface area contributed by atoms with Crippen LogP contribution in [0.3, 0.4) is 0 Å². The van der Waals surface area contributed by atoms with E-state index in [2.05, 4.69) is 204 Å². The van der Waals surface area contributed by atoms with E-state index in [0.29, 0.717) is 0 Å². The third-order valence-electron chi connectivity index (χ3n) is 14.8. The SMILES string of the molecule is CC1(C)c2ccccc2-c2ccc(CC(Cc3ccc4c(c3)C3(c5ccccc5-c5ccccc53)c3ccccc3-4)c3ccc4c(c3)C(C)(C)c3ccccc3-4)cc21. The first-order chi connectivity index (χ1) is 28.3. The topological polar surface area (TPSA) is 0 Å². The summed E-state index contributed by atoms with van der Waals surface area (Å²) in [6.45, 7) is 9.62. The van der Waals surface area contributed by atoms with Crippen LogP contribution in [0.25, 0.3) is 44.5 Å². The largest absolute Gasteiger partial charge is 0.0725 e. The van der Waals surface area contributed by atoms with Gasteiger partial charge in [-0.25, -0.2) is 0 Å². The molecule has 12 rings (SSSR count). The van der Waals surface area contributed by atoms with E-state index in [9.17, 15) is 0 Å². The number of fused-ring (bicyclic) bond motifs is 16. The Bertz CT molecular complexity index is 2960. The molecule has 8 aromatic rings. The van der Waals surface area contributed by atoms with Gasteiger partial charge in [0.1, 0.15) is 0 Å². The van der Waals surface area contributed by atoms with E-state index in [1.807, 2.05) is 0 Å². The lowest BCUT2D eigenvalue weighted by molar-refractivity contribution is 0.643. The molecule has 0 aromatic heterocycles. The first kappa shape index (κ1) is 33.9. The fourth-order valence-corrected chi connectivity index (χ4v) is 12.0. The summed E-state index contributed by atoms with van der Waals surface area (Å²) in [4.78, 5) is 0. The zero-order valence-corrected chi connectivity index (χ0v) is 33.7. The summed E-state index contributed by atoms with van der Waals surface area (Å²) < 4.78 is 0. The summed E-state index contributed by atoms with van der Waals surface area (Å²) in [6, 6.07) is 67.8. The van der Waals surface area contributed by atoms with Crippen molar-refractivity contribution in [2.24, 2.45) is 0 Å². The van der Waals surface area contributed by atoms with Crippen molar-refractivity contribution in [2.45, 2.75) is 62.7 Å². The van der Waals surface area contributed by atoms with Gasteiger partial charge in [-0.05, 0) is 124 Å². The number of rotatable bonds is 5. The maximum Gasteiger partial charge on any atom is 0.0725 e. The van der Waals surface area contributed by atoms with E-state index < -0.39 is 0 Å². The van der Waals surface area contributed by atoms with Crippen LogP contribution in [-0.4, -0.2) is 0 Å². The van der Waals surface area contributed by atoms with Crippen LogP contribution in [0.15, 0.2) is 176 Å². The van der Waals surface area contributed by atoms with Crippen LogP contribution in [0.2, 0.25) is 0 Å². The van der Waals surface area contributed by atoms with Gasteiger partial charge < -0.3 is 0 Å². The van der Waals surface area contributed by atoms with Gasteiger partial charge in [0.05, 0.1) is 5.41 Å². The Morgan fingerprint density at radius 1 is 0.310 bits per heavy atom. The Morgan fingerprint density at radius 3 is 1.10 bits per heavy atom. The zero-order valence-electron chi connectivity index (χ0n) is 33.7. The molecule has 0 heterocycles. The Hall–Kier alpha value is -6.24. The van der Waals surface area contributed by atoms with Crippen molar-refractivity contribution >= 4 is 0 Å². The average molecular weight is 743 g/mol. The van der Waals surface area contributed by atoms with Gasteiger partial charge in [0, 0.05) is 10.8 Å². The second-order valence-corrected chi connectivity index (χ2v) is 18.4. The molecule has 1 unspecified atom stereocenters. The van der Waals surface area contributed by atoms with Gasteiger partial charge in [-0.2, -0.15) is 0 Å². The van der Waals surface area contributed by atoms with Crippen molar-refractivity contribution in [3.63, 3.8) is 0 Å². The van der Waals surface area contributed by atoms with Crippen molar-refractivity contribution in [3.8, 4) is 44.5 Å². The van der Waals surface area contributed by atoms with Crippen LogP contribution in [0.4, 0.5) is 0 Å². The van der Waals surface area contributed by atoms with Crippen molar-refractivity contribution < 1.29 is 0 Å². The molecule has 0 saturated heterocycles. The summed E-state index contributed by atoms with van der Waals surface area (Å²) in [6.07, 6.45) is 1.93. The molecule has 0 heteroatoms. The summed E-state index contributed by atoms with van der Waals surface area (Å²) in [5, 5.41) is 0. The van der Waals surface area contributed by atoms with E-state index in [1.54, 1.807) is 0 Å². The molecule has 0 amide bonds. The molecule has 8 aromatic carbocycles. The van der Waals surface area contributed by atoms with E-state index in [0.717, 1.165) is 12.8 Å². The molecular weight excluding hydrogens is 697 g/mol. The Balaban J connectivity index is 1.01. The van der Waals surface area contributed by atoms with E-state index in [-0.39, 0.29) is 22.2 Å². The molecule has 1 spiro atoms.